The van der Waals surface area contributed by atoms with Crippen molar-refractivity contribution >= 4 is 29.7 Å². The molecule has 10 N–H and O–H groups in total. The summed E-state index contributed by atoms with van der Waals surface area (Å²) in [6, 6.07) is -0.752. The molecule has 0 bridgehead atoms. The Labute approximate surface area is 187 Å². The molecule has 0 unspecified atom stereocenters. The highest BCUT2D eigenvalue weighted by Crippen LogP contribution is 2.11. The molecule has 0 aliphatic carbocycles. The van der Waals surface area contributed by atoms with Crippen LogP contribution in [-0.4, -0.2) is 92.6 Å². The number of aliphatic hydroxyl groups is 2. The number of carbonyl (C=O) groups excluding carboxylic acids is 3. The molecule has 0 saturated heterocycles. The van der Waals surface area contributed by atoms with Crippen LogP contribution in [0.1, 0.15) is 12.0 Å². The van der Waals surface area contributed by atoms with E-state index in [4.69, 9.17) is 15.9 Å². The Balaban J connectivity index is 2.93. The highest BCUT2D eigenvalue weighted by atomic mass is 16.4. The van der Waals surface area contributed by atoms with Crippen LogP contribution in [0.5, 0.6) is 5.75 Å². The number of nitrogens with two attached hydrogens (primary N) is 1. The quantitative estimate of drug-likeness (QED) is 0.135. The van der Waals surface area contributed by atoms with E-state index in [1.54, 1.807) is 0 Å². The fourth-order valence-electron chi connectivity index (χ4n) is 2.55. The number of benzene rings is 1. The van der Waals surface area contributed by atoms with Crippen LogP contribution in [-0.2, 0) is 30.4 Å². The molecule has 1 aromatic carbocycles. The Hall–Kier alpha value is -3.75. The van der Waals surface area contributed by atoms with Gasteiger partial charge in [-0.15, -0.1) is 0 Å². The number of carboxylic acid groups (broad SMARTS) is 2. The SMILES string of the molecule is N[C@@H](CO)C(=O)N[C@@H](CO)C(=O)N[C@@H](CC(=O)O)C(=O)N[C@@H](Cc1ccc(O)cc1)C(=O)O. The third-order valence-electron chi connectivity index (χ3n) is 4.35. The second-order valence-electron chi connectivity index (χ2n) is 6.96. The van der Waals surface area contributed by atoms with Gasteiger partial charge < -0.3 is 47.2 Å². The van der Waals surface area contributed by atoms with Gasteiger partial charge >= 0.3 is 11.9 Å². The van der Waals surface area contributed by atoms with Crippen molar-refractivity contribution in [3.63, 3.8) is 0 Å². The number of carbonyl (C=O) groups is 5. The largest absolute Gasteiger partial charge is 0.508 e. The summed E-state index contributed by atoms with van der Waals surface area (Å²) in [5, 5.41) is 52.2. The summed E-state index contributed by atoms with van der Waals surface area (Å²) in [5.41, 5.74) is 5.75. The van der Waals surface area contributed by atoms with Crippen molar-refractivity contribution in [1.29, 1.82) is 0 Å². The molecule has 3 amide bonds. The summed E-state index contributed by atoms with van der Waals surface area (Å²) < 4.78 is 0. The lowest BCUT2D eigenvalue weighted by Crippen LogP contribution is -2.58. The van der Waals surface area contributed by atoms with Gasteiger partial charge in [-0.25, -0.2) is 4.79 Å². The number of hydrogen-bond acceptors (Lipinski definition) is 9. The number of aliphatic hydroxyl groups excluding tert-OH is 2. The van der Waals surface area contributed by atoms with Crippen LogP contribution >= 0.6 is 0 Å². The molecule has 0 aliphatic rings. The molecule has 0 fully saturated rings. The molecule has 0 heterocycles. The molecule has 1 aromatic rings. The van der Waals surface area contributed by atoms with E-state index in [1.807, 2.05) is 10.6 Å². The predicted octanol–water partition coefficient (Wildman–Crippen LogP) is -3.74. The molecule has 0 spiro atoms. The van der Waals surface area contributed by atoms with Crippen LogP contribution in [0.2, 0.25) is 0 Å². The first-order valence-electron chi connectivity index (χ1n) is 9.59. The number of rotatable bonds is 13. The van der Waals surface area contributed by atoms with E-state index in [-0.39, 0.29) is 12.2 Å². The first kappa shape index (κ1) is 27.3. The summed E-state index contributed by atoms with van der Waals surface area (Å²) in [6.45, 7) is -1.68. The van der Waals surface area contributed by atoms with Gasteiger partial charge in [0.2, 0.25) is 17.7 Å². The summed E-state index contributed by atoms with van der Waals surface area (Å²) in [5.74, 6) is -6.23. The third-order valence-corrected chi connectivity index (χ3v) is 4.35. The van der Waals surface area contributed by atoms with Crippen molar-refractivity contribution in [2.75, 3.05) is 13.2 Å². The average Bonchev–Trinajstić information content (AvgIpc) is 2.76. The van der Waals surface area contributed by atoms with Gasteiger partial charge in [0.1, 0.15) is 29.9 Å². The van der Waals surface area contributed by atoms with E-state index in [1.165, 1.54) is 24.3 Å². The fraction of sp³-hybridized carbons (Fsp3) is 0.421. The Bertz CT molecular complexity index is 861. The van der Waals surface area contributed by atoms with Gasteiger partial charge in [0, 0.05) is 6.42 Å². The smallest absolute Gasteiger partial charge is 0.326 e. The van der Waals surface area contributed by atoms with E-state index in [2.05, 4.69) is 5.32 Å². The van der Waals surface area contributed by atoms with Crippen molar-refractivity contribution in [2.45, 2.75) is 37.0 Å². The summed E-state index contributed by atoms with van der Waals surface area (Å²) >= 11 is 0. The number of nitrogens with one attached hydrogen (secondary N) is 3. The van der Waals surface area contributed by atoms with Gasteiger partial charge in [0.15, 0.2) is 0 Å². The monoisotopic (exact) mass is 470 g/mol. The van der Waals surface area contributed by atoms with E-state index < -0.39 is 73.5 Å². The normalized spacial score (nSPS) is 14.3. The number of amides is 3. The Morgan fingerprint density at radius 2 is 1.30 bits per heavy atom. The molecule has 33 heavy (non-hydrogen) atoms. The second-order valence-corrected chi connectivity index (χ2v) is 6.96. The summed E-state index contributed by atoms with van der Waals surface area (Å²) in [7, 11) is 0. The second kappa shape index (κ2) is 12.9. The lowest BCUT2D eigenvalue weighted by molar-refractivity contribution is -0.143. The molecule has 182 valence electrons. The van der Waals surface area contributed by atoms with Crippen molar-refractivity contribution in [1.82, 2.24) is 16.0 Å². The van der Waals surface area contributed by atoms with E-state index in [0.29, 0.717) is 5.56 Å². The number of phenolic OH excluding ortho intramolecular Hbond substituents is 1. The van der Waals surface area contributed by atoms with Crippen LogP contribution in [0.25, 0.3) is 0 Å². The van der Waals surface area contributed by atoms with Crippen LogP contribution in [0.4, 0.5) is 0 Å². The zero-order valence-corrected chi connectivity index (χ0v) is 17.3. The topological polar surface area (TPSA) is 249 Å². The Kier molecular flexibility index (Phi) is 10.7. The van der Waals surface area contributed by atoms with Gasteiger partial charge in [-0.1, -0.05) is 12.1 Å². The molecule has 0 aliphatic heterocycles. The highest BCUT2D eigenvalue weighted by molar-refractivity contribution is 5.95. The zero-order chi connectivity index (χ0) is 25.1. The molecule has 14 nitrogen and oxygen atoms in total. The predicted molar refractivity (Wildman–Crippen MR) is 110 cm³/mol. The highest BCUT2D eigenvalue weighted by Gasteiger charge is 2.31. The van der Waals surface area contributed by atoms with E-state index in [0.717, 1.165) is 0 Å². The number of aliphatic carboxylic acids is 2. The summed E-state index contributed by atoms with van der Waals surface area (Å²) in [6.07, 6.45) is -1.13. The maximum atomic E-state index is 12.6. The molecule has 0 saturated carbocycles. The minimum Gasteiger partial charge on any atom is -0.508 e. The Morgan fingerprint density at radius 3 is 1.79 bits per heavy atom. The maximum absolute atomic E-state index is 12.6. The molecule has 0 aromatic heterocycles. The number of aromatic hydroxyl groups is 1. The van der Waals surface area contributed by atoms with Gasteiger partial charge in [0.05, 0.1) is 19.6 Å². The lowest BCUT2D eigenvalue weighted by atomic mass is 10.0. The standard InChI is InChI=1S/C19H26N4O10/c20-11(7-24)16(29)23-14(8-25)18(31)21-12(6-15(27)28)17(30)22-13(19(32)33)5-9-1-3-10(26)4-2-9/h1-4,11-14,24-26H,5-8,20H2,(H,21,31)(H,22,30)(H,23,29)(H,27,28)(H,32,33)/t11-,12-,13-,14-/m0/s1. The molecule has 4 atom stereocenters. The van der Waals surface area contributed by atoms with Crippen LogP contribution < -0.4 is 21.7 Å². The first-order chi connectivity index (χ1) is 15.5. The summed E-state index contributed by atoms with van der Waals surface area (Å²) in [4.78, 5) is 59.4. The molecule has 0 radical (unpaired) electrons. The van der Waals surface area contributed by atoms with Crippen LogP contribution in [0, 0.1) is 0 Å². The molecule has 1 rings (SSSR count). The minimum absolute atomic E-state index is 0.0515. The van der Waals surface area contributed by atoms with Gasteiger partial charge in [-0.05, 0) is 17.7 Å². The molecule has 14 heteroatoms. The van der Waals surface area contributed by atoms with Crippen molar-refractivity contribution in [2.24, 2.45) is 5.73 Å². The van der Waals surface area contributed by atoms with Crippen molar-refractivity contribution in [3.8, 4) is 5.75 Å². The van der Waals surface area contributed by atoms with Crippen molar-refractivity contribution < 1.29 is 49.5 Å². The van der Waals surface area contributed by atoms with Gasteiger partial charge in [0.25, 0.3) is 0 Å². The van der Waals surface area contributed by atoms with Crippen LogP contribution in [0.15, 0.2) is 24.3 Å². The maximum Gasteiger partial charge on any atom is 0.326 e. The molecular formula is C19H26N4O10. The Morgan fingerprint density at radius 1 is 0.788 bits per heavy atom. The van der Waals surface area contributed by atoms with Crippen LogP contribution in [0.3, 0.4) is 0 Å². The lowest BCUT2D eigenvalue weighted by Gasteiger charge is -2.23. The van der Waals surface area contributed by atoms with Crippen molar-refractivity contribution in [3.05, 3.63) is 29.8 Å². The van der Waals surface area contributed by atoms with E-state index in [9.17, 15) is 39.3 Å². The fourth-order valence-corrected chi connectivity index (χ4v) is 2.55. The molecular weight excluding hydrogens is 444 g/mol. The minimum atomic E-state index is -1.74. The average molecular weight is 470 g/mol. The number of phenols is 1. The number of carboxylic acids is 2. The van der Waals surface area contributed by atoms with Gasteiger partial charge in [-0.2, -0.15) is 0 Å². The number of hydrogen-bond donors (Lipinski definition) is 9. The first-order valence-corrected chi connectivity index (χ1v) is 9.59. The van der Waals surface area contributed by atoms with E-state index >= 15 is 0 Å². The van der Waals surface area contributed by atoms with Gasteiger partial charge in [-0.3, -0.25) is 19.2 Å². The third kappa shape index (κ3) is 9.10. The zero-order valence-electron chi connectivity index (χ0n) is 17.3.